The minimum atomic E-state index is -0.162. The Kier molecular flexibility index (Phi) is 7.07. The number of morpholine rings is 1. The molecule has 0 bridgehead atoms. The molecule has 0 atom stereocenters. The van der Waals surface area contributed by atoms with Crippen LogP contribution in [-0.4, -0.2) is 56.1 Å². The number of carbonyl (C=O) groups excluding carboxylic acids is 2. The van der Waals surface area contributed by atoms with Gasteiger partial charge in [-0.15, -0.1) is 0 Å². The minimum absolute atomic E-state index is 0.0547. The SMILES string of the molecule is O=C(CN1CCOCC1)Nc1ccc(NC(=O)c2ccc(N3CCc4ccccc4C3)cc2)cc1. The first kappa shape index (κ1) is 23.1. The van der Waals surface area contributed by atoms with Crippen LogP contribution in [0.2, 0.25) is 0 Å². The van der Waals surface area contributed by atoms with Gasteiger partial charge in [0, 0.05) is 48.8 Å². The average molecular weight is 471 g/mol. The summed E-state index contributed by atoms with van der Waals surface area (Å²) in [6, 6.07) is 23.5. The molecule has 2 heterocycles. The molecule has 180 valence electrons. The van der Waals surface area contributed by atoms with Crippen molar-refractivity contribution in [2.75, 3.05) is 54.9 Å². The van der Waals surface area contributed by atoms with Gasteiger partial charge in [0.25, 0.3) is 5.91 Å². The van der Waals surface area contributed by atoms with Crippen LogP contribution < -0.4 is 15.5 Å². The van der Waals surface area contributed by atoms with Crippen LogP contribution >= 0.6 is 0 Å². The highest BCUT2D eigenvalue weighted by Crippen LogP contribution is 2.25. The van der Waals surface area contributed by atoms with Gasteiger partial charge in [-0.25, -0.2) is 0 Å². The Morgan fingerprint density at radius 1 is 0.771 bits per heavy atom. The summed E-state index contributed by atoms with van der Waals surface area (Å²) < 4.78 is 5.31. The van der Waals surface area contributed by atoms with E-state index in [1.807, 2.05) is 24.3 Å². The van der Waals surface area contributed by atoms with Crippen LogP contribution in [0.15, 0.2) is 72.8 Å². The maximum absolute atomic E-state index is 12.7. The van der Waals surface area contributed by atoms with Crippen molar-refractivity contribution in [3.63, 3.8) is 0 Å². The van der Waals surface area contributed by atoms with Crippen LogP contribution in [0.5, 0.6) is 0 Å². The number of anilines is 3. The van der Waals surface area contributed by atoms with E-state index in [2.05, 4.69) is 44.7 Å². The summed E-state index contributed by atoms with van der Waals surface area (Å²) in [5.74, 6) is -0.217. The van der Waals surface area contributed by atoms with Gasteiger partial charge in [0.1, 0.15) is 0 Å². The Labute approximate surface area is 205 Å². The third-order valence-electron chi connectivity index (χ3n) is 6.52. The molecule has 2 aliphatic heterocycles. The van der Waals surface area contributed by atoms with Gasteiger partial charge in [0.15, 0.2) is 0 Å². The summed E-state index contributed by atoms with van der Waals surface area (Å²) in [5, 5.41) is 5.84. The second-order valence-corrected chi connectivity index (χ2v) is 8.96. The van der Waals surface area contributed by atoms with Crippen molar-refractivity contribution < 1.29 is 14.3 Å². The van der Waals surface area contributed by atoms with E-state index >= 15 is 0 Å². The molecule has 0 aromatic heterocycles. The molecule has 2 N–H and O–H groups in total. The molecule has 7 heteroatoms. The fourth-order valence-electron chi connectivity index (χ4n) is 4.54. The summed E-state index contributed by atoms with van der Waals surface area (Å²) in [6.07, 6.45) is 1.03. The highest BCUT2D eigenvalue weighted by Gasteiger charge is 2.17. The lowest BCUT2D eigenvalue weighted by molar-refractivity contribution is -0.118. The Morgan fingerprint density at radius 3 is 2.14 bits per heavy atom. The number of carbonyl (C=O) groups is 2. The third-order valence-corrected chi connectivity index (χ3v) is 6.52. The molecule has 0 saturated carbocycles. The van der Waals surface area contributed by atoms with Crippen LogP contribution in [0, 0.1) is 0 Å². The Bertz CT molecular complexity index is 1170. The van der Waals surface area contributed by atoms with Crippen molar-refractivity contribution in [2.24, 2.45) is 0 Å². The molecule has 1 fully saturated rings. The van der Waals surface area contributed by atoms with Gasteiger partial charge >= 0.3 is 0 Å². The number of fused-ring (bicyclic) bond motifs is 1. The van der Waals surface area contributed by atoms with Crippen LogP contribution in [-0.2, 0) is 22.5 Å². The molecule has 35 heavy (non-hydrogen) atoms. The van der Waals surface area contributed by atoms with E-state index in [1.54, 1.807) is 24.3 Å². The first-order valence-electron chi connectivity index (χ1n) is 12.1. The first-order chi connectivity index (χ1) is 17.1. The van der Waals surface area contributed by atoms with Crippen LogP contribution in [0.25, 0.3) is 0 Å². The summed E-state index contributed by atoms with van der Waals surface area (Å²) >= 11 is 0. The lowest BCUT2D eigenvalue weighted by Gasteiger charge is -2.30. The Hall–Kier alpha value is -3.68. The van der Waals surface area contributed by atoms with Crippen molar-refractivity contribution in [2.45, 2.75) is 13.0 Å². The van der Waals surface area contributed by atoms with E-state index in [4.69, 9.17) is 4.74 Å². The number of nitrogens with zero attached hydrogens (tertiary/aromatic N) is 2. The van der Waals surface area contributed by atoms with E-state index in [0.717, 1.165) is 38.3 Å². The molecule has 0 spiro atoms. The molecule has 0 aliphatic carbocycles. The number of rotatable bonds is 6. The fraction of sp³-hybridized carbons (Fsp3) is 0.286. The summed E-state index contributed by atoms with van der Waals surface area (Å²) in [7, 11) is 0. The van der Waals surface area contributed by atoms with Crippen molar-refractivity contribution in [3.05, 3.63) is 89.5 Å². The normalized spacial score (nSPS) is 15.8. The predicted molar refractivity (Wildman–Crippen MR) is 138 cm³/mol. The Morgan fingerprint density at radius 2 is 1.43 bits per heavy atom. The van der Waals surface area contributed by atoms with Gasteiger partial charge in [0.2, 0.25) is 5.91 Å². The fourth-order valence-corrected chi connectivity index (χ4v) is 4.54. The quantitative estimate of drug-likeness (QED) is 0.574. The predicted octanol–water partition coefficient (Wildman–Crippen LogP) is 3.77. The van der Waals surface area contributed by atoms with E-state index in [-0.39, 0.29) is 11.8 Å². The van der Waals surface area contributed by atoms with Crippen LogP contribution in [0.1, 0.15) is 21.5 Å². The summed E-state index contributed by atoms with van der Waals surface area (Å²) in [5.41, 5.74) is 5.89. The maximum Gasteiger partial charge on any atom is 0.255 e. The van der Waals surface area contributed by atoms with E-state index in [0.29, 0.717) is 36.7 Å². The van der Waals surface area contributed by atoms with Crippen molar-refractivity contribution in [3.8, 4) is 0 Å². The molecular weight excluding hydrogens is 440 g/mol. The number of ether oxygens (including phenoxy) is 1. The number of nitrogens with one attached hydrogen (secondary N) is 2. The zero-order chi connectivity index (χ0) is 24.0. The molecule has 1 saturated heterocycles. The molecule has 7 nitrogen and oxygen atoms in total. The van der Waals surface area contributed by atoms with Crippen molar-refractivity contribution in [1.29, 1.82) is 0 Å². The van der Waals surface area contributed by atoms with Crippen LogP contribution in [0.4, 0.5) is 17.1 Å². The van der Waals surface area contributed by atoms with Gasteiger partial charge in [-0.1, -0.05) is 24.3 Å². The summed E-state index contributed by atoms with van der Waals surface area (Å²) in [4.78, 5) is 29.4. The molecule has 0 unspecified atom stereocenters. The van der Waals surface area contributed by atoms with Gasteiger partial charge in [-0.2, -0.15) is 0 Å². The van der Waals surface area contributed by atoms with E-state index in [9.17, 15) is 9.59 Å². The number of hydrogen-bond donors (Lipinski definition) is 2. The minimum Gasteiger partial charge on any atom is -0.379 e. The lowest BCUT2D eigenvalue weighted by Crippen LogP contribution is -2.41. The lowest BCUT2D eigenvalue weighted by atomic mass is 9.99. The number of hydrogen-bond acceptors (Lipinski definition) is 5. The molecule has 2 aliphatic rings. The van der Waals surface area contributed by atoms with Gasteiger partial charge < -0.3 is 20.3 Å². The molecule has 3 aromatic rings. The first-order valence-corrected chi connectivity index (χ1v) is 12.1. The molecule has 3 aromatic carbocycles. The topological polar surface area (TPSA) is 73.9 Å². The molecule has 2 amide bonds. The monoisotopic (exact) mass is 470 g/mol. The smallest absolute Gasteiger partial charge is 0.255 e. The molecular formula is C28H30N4O3. The van der Waals surface area contributed by atoms with E-state index in [1.165, 1.54) is 11.1 Å². The highest BCUT2D eigenvalue weighted by molar-refractivity contribution is 6.04. The molecule has 0 radical (unpaired) electrons. The van der Waals surface area contributed by atoms with Crippen molar-refractivity contribution >= 4 is 28.9 Å². The number of amides is 2. The standard InChI is InChI=1S/C28H30N4O3/c33-27(20-31-15-17-35-18-16-31)29-24-7-9-25(10-8-24)30-28(34)22-5-11-26(12-6-22)32-14-13-21-3-1-2-4-23(21)19-32/h1-12H,13-20H2,(H,29,33)(H,30,34). The second kappa shape index (κ2) is 10.7. The van der Waals surface area contributed by atoms with Gasteiger partial charge in [-0.05, 0) is 66.1 Å². The van der Waals surface area contributed by atoms with Gasteiger partial charge in [0.05, 0.1) is 19.8 Å². The van der Waals surface area contributed by atoms with Crippen molar-refractivity contribution in [1.82, 2.24) is 4.90 Å². The largest absolute Gasteiger partial charge is 0.379 e. The second-order valence-electron chi connectivity index (χ2n) is 8.96. The zero-order valence-electron chi connectivity index (χ0n) is 19.7. The highest BCUT2D eigenvalue weighted by atomic mass is 16.5. The average Bonchev–Trinajstić information content (AvgIpc) is 2.90. The Balaban J connectivity index is 1.14. The maximum atomic E-state index is 12.7. The zero-order valence-corrected chi connectivity index (χ0v) is 19.7. The summed E-state index contributed by atoms with van der Waals surface area (Å²) in [6.45, 7) is 5.07. The van der Waals surface area contributed by atoms with E-state index < -0.39 is 0 Å². The third kappa shape index (κ3) is 5.88. The van der Waals surface area contributed by atoms with Gasteiger partial charge in [-0.3, -0.25) is 14.5 Å². The number of benzene rings is 3. The van der Waals surface area contributed by atoms with Crippen LogP contribution in [0.3, 0.4) is 0 Å². The molecule has 5 rings (SSSR count).